The van der Waals surface area contributed by atoms with Crippen molar-refractivity contribution >= 4 is 34.4 Å². The number of carbonyl (C=O) groups is 3. The Hall–Kier alpha value is -4.34. The molecular weight excluding hydrogens is 660 g/mol. The smallest absolute Gasteiger partial charge is 0.401 e. The van der Waals surface area contributed by atoms with Gasteiger partial charge in [0.1, 0.15) is 35.0 Å². The first-order valence-corrected chi connectivity index (χ1v) is 16.7. The lowest BCUT2D eigenvalue weighted by molar-refractivity contribution is -0.146. The number of pyridine rings is 1. The zero-order chi connectivity index (χ0) is 35.2. The predicted octanol–water partition coefficient (Wildman–Crippen LogP) is 3.35. The van der Waals surface area contributed by atoms with Gasteiger partial charge < -0.3 is 19.3 Å². The molecule has 5 heterocycles. The molecule has 3 atom stereocenters. The SMILES string of the molecule is COC[C@@H]1CN(Cc2cc(F)c3nc(N4CCN(CC(F)(F)F)CC4)ccc3c2)C[C@H]1Oc1ccc2c(c1)CN([C@H]1CCC(=O)NC1=O)C2=O. The number of anilines is 1. The molecule has 0 saturated carbocycles. The predicted molar refractivity (Wildman–Crippen MR) is 174 cm³/mol. The number of nitrogens with zero attached hydrogens (tertiary/aromatic N) is 5. The molecule has 50 heavy (non-hydrogen) atoms. The largest absolute Gasteiger partial charge is 0.489 e. The summed E-state index contributed by atoms with van der Waals surface area (Å²) in [6, 6.07) is 11.6. The molecule has 1 N–H and O–H groups in total. The van der Waals surface area contributed by atoms with Crippen LogP contribution >= 0.6 is 0 Å². The molecule has 3 saturated heterocycles. The highest BCUT2D eigenvalue weighted by atomic mass is 19.4. The molecule has 0 bridgehead atoms. The van der Waals surface area contributed by atoms with Gasteiger partial charge in [0.15, 0.2) is 0 Å². The van der Waals surface area contributed by atoms with E-state index in [-0.39, 0.29) is 61.8 Å². The summed E-state index contributed by atoms with van der Waals surface area (Å²) in [5.74, 6) is -0.344. The van der Waals surface area contributed by atoms with Gasteiger partial charge in [-0.15, -0.1) is 0 Å². The van der Waals surface area contributed by atoms with Gasteiger partial charge in [0.25, 0.3) is 5.91 Å². The Bertz CT molecular complexity index is 1800. The molecule has 266 valence electrons. The molecule has 3 aromatic rings. The normalized spacial score (nSPS) is 23.5. The fraction of sp³-hybridized carbons (Fsp3) is 0.486. The summed E-state index contributed by atoms with van der Waals surface area (Å²) in [5.41, 5.74) is 2.25. The van der Waals surface area contributed by atoms with Crippen LogP contribution in [-0.4, -0.2) is 115 Å². The number of alkyl halides is 3. The maximum absolute atomic E-state index is 15.5. The number of benzene rings is 2. The number of methoxy groups -OCH3 is 1. The van der Waals surface area contributed by atoms with Gasteiger partial charge in [-0.3, -0.25) is 29.5 Å². The molecule has 11 nitrogen and oxygen atoms in total. The van der Waals surface area contributed by atoms with Crippen molar-refractivity contribution in [3.05, 3.63) is 65.0 Å². The molecule has 4 aliphatic heterocycles. The topological polar surface area (TPSA) is 108 Å². The second-order valence-corrected chi connectivity index (χ2v) is 13.5. The summed E-state index contributed by atoms with van der Waals surface area (Å²) >= 11 is 0. The minimum Gasteiger partial charge on any atom is -0.489 e. The molecule has 0 unspecified atom stereocenters. The van der Waals surface area contributed by atoms with Gasteiger partial charge in [0.05, 0.1) is 13.2 Å². The Morgan fingerprint density at radius 2 is 1.78 bits per heavy atom. The average molecular weight is 699 g/mol. The lowest BCUT2D eigenvalue weighted by Gasteiger charge is -2.35. The van der Waals surface area contributed by atoms with Crippen LogP contribution in [-0.2, 0) is 27.4 Å². The number of amides is 3. The molecule has 0 aliphatic carbocycles. The zero-order valence-electron chi connectivity index (χ0n) is 27.5. The highest BCUT2D eigenvalue weighted by Gasteiger charge is 2.40. The van der Waals surface area contributed by atoms with E-state index in [4.69, 9.17) is 9.47 Å². The second-order valence-electron chi connectivity index (χ2n) is 13.5. The van der Waals surface area contributed by atoms with Crippen molar-refractivity contribution in [1.29, 1.82) is 0 Å². The van der Waals surface area contributed by atoms with Gasteiger partial charge >= 0.3 is 6.18 Å². The number of carbonyl (C=O) groups excluding carboxylic acids is 3. The Kier molecular flexibility index (Phi) is 9.39. The van der Waals surface area contributed by atoms with Crippen molar-refractivity contribution in [3.8, 4) is 5.75 Å². The quantitative estimate of drug-likeness (QED) is 0.266. The zero-order valence-corrected chi connectivity index (χ0v) is 27.5. The van der Waals surface area contributed by atoms with Crippen LogP contribution in [0.1, 0.15) is 34.3 Å². The van der Waals surface area contributed by atoms with E-state index in [2.05, 4.69) is 15.2 Å². The van der Waals surface area contributed by atoms with Gasteiger partial charge in [-0.25, -0.2) is 9.37 Å². The Balaban J connectivity index is 0.993. The number of hydrogen-bond donors (Lipinski definition) is 1. The second kappa shape index (κ2) is 13.8. The average Bonchev–Trinajstić information content (AvgIpc) is 3.59. The summed E-state index contributed by atoms with van der Waals surface area (Å²) < 4.78 is 65.7. The maximum atomic E-state index is 15.5. The number of rotatable bonds is 9. The van der Waals surface area contributed by atoms with Gasteiger partial charge in [-0.2, -0.15) is 13.2 Å². The lowest BCUT2D eigenvalue weighted by atomic mass is 10.0. The fourth-order valence-corrected chi connectivity index (χ4v) is 7.52. The van der Waals surface area contributed by atoms with Gasteiger partial charge in [-0.05, 0) is 60.0 Å². The fourth-order valence-electron chi connectivity index (χ4n) is 7.52. The van der Waals surface area contributed by atoms with Gasteiger partial charge in [0, 0.05) is 82.8 Å². The number of fused-ring (bicyclic) bond motifs is 2. The van der Waals surface area contributed by atoms with Crippen LogP contribution in [0.25, 0.3) is 10.9 Å². The van der Waals surface area contributed by atoms with E-state index in [1.807, 2.05) is 17.0 Å². The summed E-state index contributed by atoms with van der Waals surface area (Å²) in [4.78, 5) is 48.6. The molecule has 0 radical (unpaired) electrons. The van der Waals surface area contributed by atoms with Gasteiger partial charge in [-0.1, -0.05) is 0 Å². The maximum Gasteiger partial charge on any atom is 0.401 e. The third-order valence-corrected chi connectivity index (χ3v) is 9.92. The molecule has 7 rings (SSSR count). The summed E-state index contributed by atoms with van der Waals surface area (Å²) in [5, 5.41) is 2.96. The first-order valence-electron chi connectivity index (χ1n) is 16.7. The first kappa shape index (κ1) is 34.1. The van der Waals surface area contributed by atoms with E-state index in [9.17, 15) is 27.6 Å². The van der Waals surface area contributed by atoms with Crippen molar-refractivity contribution in [2.45, 2.75) is 44.3 Å². The number of likely N-dealkylation sites (tertiary alicyclic amines) is 1. The van der Waals surface area contributed by atoms with E-state index >= 15 is 4.39 Å². The van der Waals surface area contributed by atoms with Crippen LogP contribution in [0.5, 0.6) is 5.75 Å². The number of piperazine rings is 1. The third kappa shape index (κ3) is 7.25. The standard InChI is InChI=1S/C35H38F4N6O5/c1-49-19-24-16-43(18-29(24)50-25-3-4-26-23(14-25)17-45(34(26)48)28-5-7-31(46)41-33(28)47)15-21-12-22-2-6-30(40-32(22)27(36)13-21)44-10-8-42(9-11-44)20-35(37,38)39/h2-4,6,12-14,24,28-29H,5,7-11,15-20H2,1H3,(H,41,46,47)/t24-,28-,29+/m0/s1. The van der Waals surface area contributed by atoms with E-state index in [1.165, 1.54) is 15.9 Å². The van der Waals surface area contributed by atoms with Crippen molar-refractivity contribution < 1.29 is 41.4 Å². The number of piperidine rings is 1. The number of imide groups is 1. The minimum atomic E-state index is -4.24. The number of nitrogens with one attached hydrogen (secondary N) is 1. The number of hydrogen-bond acceptors (Lipinski definition) is 9. The summed E-state index contributed by atoms with van der Waals surface area (Å²) in [6.45, 7) is 2.69. The molecule has 1 aromatic heterocycles. The lowest BCUT2D eigenvalue weighted by Crippen LogP contribution is -2.52. The highest BCUT2D eigenvalue weighted by molar-refractivity contribution is 6.05. The van der Waals surface area contributed by atoms with Crippen LogP contribution in [0.2, 0.25) is 0 Å². The Morgan fingerprint density at radius 1 is 0.980 bits per heavy atom. The first-order chi connectivity index (χ1) is 23.9. The van der Waals surface area contributed by atoms with Crippen molar-refractivity contribution in [2.24, 2.45) is 5.92 Å². The molecular formula is C35H38F4N6O5. The molecule has 2 aromatic carbocycles. The Labute approximate surface area is 286 Å². The molecule has 3 fully saturated rings. The molecule has 4 aliphatic rings. The monoisotopic (exact) mass is 698 g/mol. The van der Waals surface area contributed by atoms with E-state index in [1.54, 1.807) is 31.4 Å². The van der Waals surface area contributed by atoms with Crippen molar-refractivity contribution in [1.82, 2.24) is 25.0 Å². The van der Waals surface area contributed by atoms with Crippen LogP contribution in [0.4, 0.5) is 23.4 Å². The van der Waals surface area contributed by atoms with Crippen LogP contribution in [0, 0.1) is 11.7 Å². The van der Waals surface area contributed by atoms with Crippen molar-refractivity contribution in [3.63, 3.8) is 0 Å². The highest BCUT2D eigenvalue weighted by Crippen LogP contribution is 2.33. The minimum absolute atomic E-state index is 0.0287. The summed E-state index contributed by atoms with van der Waals surface area (Å²) in [6.07, 6.45) is -4.00. The third-order valence-electron chi connectivity index (χ3n) is 9.92. The van der Waals surface area contributed by atoms with E-state index < -0.39 is 30.5 Å². The Morgan fingerprint density at radius 3 is 2.52 bits per heavy atom. The summed E-state index contributed by atoms with van der Waals surface area (Å²) in [7, 11) is 1.63. The van der Waals surface area contributed by atoms with E-state index in [0.29, 0.717) is 61.8 Å². The molecule has 15 heteroatoms. The number of aromatic nitrogens is 1. The van der Waals surface area contributed by atoms with Gasteiger partial charge in [0.2, 0.25) is 11.8 Å². The van der Waals surface area contributed by atoms with Crippen LogP contribution < -0.4 is 15.0 Å². The molecule has 0 spiro atoms. The van der Waals surface area contributed by atoms with Crippen LogP contribution in [0.3, 0.4) is 0 Å². The number of halogens is 4. The molecule has 3 amide bonds. The van der Waals surface area contributed by atoms with Crippen molar-refractivity contribution in [2.75, 3.05) is 64.4 Å². The van der Waals surface area contributed by atoms with Crippen LogP contribution in [0.15, 0.2) is 42.5 Å². The number of ether oxygens (including phenoxy) is 2. The van der Waals surface area contributed by atoms with E-state index in [0.717, 1.165) is 11.1 Å².